The number of carbonyl (C=O) groups excluding carboxylic acids is 3. The van der Waals surface area contributed by atoms with Crippen LogP contribution in [0, 0.1) is 11.8 Å². The van der Waals surface area contributed by atoms with Gasteiger partial charge in [0, 0.05) is 37.7 Å². The normalized spacial score (nSPS) is 17.0. The molecule has 1 aliphatic heterocycles. The van der Waals surface area contributed by atoms with E-state index in [-0.39, 0.29) is 36.0 Å². The van der Waals surface area contributed by atoms with Crippen LogP contribution in [-0.4, -0.2) is 37.4 Å². The first kappa shape index (κ1) is 19.0. The summed E-state index contributed by atoms with van der Waals surface area (Å²) in [6.45, 7) is 6.86. The Labute approximate surface area is 149 Å². The number of nitrogens with zero attached hydrogens (tertiary/aromatic N) is 1. The molecule has 0 spiro atoms. The SMILES string of the molecule is CCc1ccccc1N1C[C@H](C(=O)NCCNC(=O)C(C)C)CC1=O. The molecule has 2 rings (SSSR count). The van der Waals surface area contributed by atoms with E-state index in [1.165, 1.54) is 0 Å². The highest BCUT2D eigenvalue weighted by molar-refractivity contribution is 6.00. The quantitative estimate of drug-likeness (QED) is 0.735. The molecular formula is C19H27N3O3. The van der Waals surface area contributed by atoms with E-state index in [2.05, 4.69) is 17.6 Å². The summed E-state index contributed by atoms with van der Waals surface area (Å²) in [4.78, 5) is 37.8. The average molecular weight is 345 g/mol. The predicted molar refractivity (Wildman–Crippen MR) is 97.1 cm³/mol. The minimum atomic E-state index is -0.349. The fraction of sp³-hybridized carbons (Fsp3) is 0.526. The fourth-order valence-corrected chi connectivity index (χ4v) is 2.91. The highest BCUT2D eigenvalue weighted by atomic mass is 16.2. The van der Waals surface area contributed by atoms with Crippen molar-refractivity contribution in [3.8, 4) is 0 Å². The molecule has 3 amide bonds. The van der Waals surface area contributed by atoms with Gasteiger partial charge in [-0.05, 0) is 18.1 Å². The van der Waals surface area contributed by atoms with Gasteiger partial charge in [0.15, 0.2) is 0 Å². The van der Waals surface area contributed by atoms with Gasteiger partial charge in [0.2, 0.25) is 17.7 Å². The maximum atomic E-state index is 12.3. The molecule has 1 aromatic rings. The van der Waals surface area contributed by atoms with Gasteiger partial charge < -0.3 is 15.5 Å². The molecule has 1 aromatic carbocycles. The summed E-state index contributed by atoms with van der Waals surface area (Å²) in [5.41, 5.74) is 2.00. The summed E-state index contributed by atoms with van der Waals surface area (Å²) in [7, 11) is 0. The zero-order valence-corrected chi connectivity index (χ0v) is 15.2. The van der Waals surface area contributed by atoms with Gasteiger partial charge >= 0.3 is 0 Å². The van der Waals surface area contributed by atoms with Crippen molar-refractivity contribution in [3.63, 3.8) is 0 Å². The van der Waals surface area contributed by atoms with E-state index in [0.717, 1.165) is 17.7 Å². The van der Waals surface area contributed by atoms with Crippen LogP contribution in [0.4, 0.5) is 5.69 Å². The van der Waals surface area contributed by atoms with Crippen LogP contribution in [-0.2, 0) is 20.8 Å². The summed E-state index contributed by atoms with van der Waals surface area (Å²) < 4.78 is 0. The standard InChI is InChI=1S/C19H27N3O3/c1-4-14-7-5-6-8-16(14)22-12-15(11-17(22)23)19(25)21-10-9-20-18(24)13(2)3/h5-8,13,15H,4,9-12H2,1-3H3,(H,20,24)(H,21,25)/t15-/m1/s1. The molecule has 0 saturated carbocycles. The summed E-state index contributed by atoms with van der Waals surface area (Å²) in [6, 6.07) is 7.80. The summed E-state index contributed by atoms with van der Waals surface area (Å²) in [6.07, 6.45) is 1.06. The largest absolute Gasteiger partial charge is 0.354 e. The number of aryl methyl sites for hydroxylation is 1. The van der Waals surface area contributed by atoms with Crippen molar-refractivity contribution in [3.05, 3.63) is 29.8 Å². The molecule has 2 N–H and O–H groups in total. The summed E-state index contributed by atoms with van der Waals surface area (Å²) in [5.74, 6) is -0.612. The third-order valence-electron chi connectivity index (χ3n) is 4.41. The number of nitrogens with one attached hydrogen (secondary N) is 2. The molecule has 6 nitrogen and oxygen atoms in total. The number of hydrogen-bond acceptors (Lipinski definition) is 3. The van der Waals surface area contributed by atoms with Gasteiger partial charge in [0.25, 0.3) is 0 Å². The lowest BCUT2D eigenvalue weighted by Gasteiger charge is -2.20. The van der Waals surface area contributed by atoms with Gasteiger partial charge in [-0.3, -0.25) is 14.4 Å². The van der Waals surface area contributed by atoms with Crippen LogP contribution in [0.1, 0.15) is 32.8 Å². The van der Waals surface area contributed by atoms with Crippen molar-refractivity contribution in [1.82, 2.24) is 10.6 Å². The zero-order valence-electron chi connectivity index (χ0n) is 15.2. The van der Waals surface area contributed by atoms with Crippen molar-refractivity contribution in [2.24, 2.45) is 11.8 Å². The topological polar surface area (TPSA) is 78.5 Å². The van der Waals surface area contributed by atoms with Gasteiger partial charge in [-0.1, -0.05) is 39.0 Å². The first-order valence-electron chi connectivity index (χ1n) is 8.87. The molecule has 0 unspecified atom stereocenters. The van der Waals surface area contributed by atoms with Crippen LogP contribution in [0.3, 0.4) is 0 Å². The number of anilines is 1. The predicted octanol–water partition coefficient (Wildman–Crippen LogP) is 1.49. The number of hydrogen-bond donors (Lipinski definition) is 2. The van der Waals surface area contributed by atoms with Crippen LogP contribution in [0.25, 0.3) is 0 Å². The smallest absolute Gasteiger partial charge is 0.227 e. The molecule has 6 heteroatoms. The minimum Gasteiger partial charge on any atom is -0.354 e. The Morgan fingerprint density at radius 2 is 1.88 bits per heavy atom. The van der Waals surface area contributed by atoms with E-state index in [1.54, 1.807) is 4.90 Å². The molecule has 0 aromatic heterocycles. The Morgan fingerprint density at radius 1 is 1.20 bits per heavy atom. The molecule has 25 heavy (non-hydrogen) atoms. The number of benzene rings is 1. The zero-order chi connectivity index (χ0) is 18.4. The van der Waals surface area contributed by atoms with Crippen molar-refractivity contribution in [2.75, 3.05) is 24.5 Å². The van der Waals surface area contributed by atoms with Gasteiger partial charge in [-0.25, -0.2) is 0 Å². The summed E-state index contributed by atoms with van der Waals surface area (Å²) in [5, 5.41) is 5.56. The van der Waals surface area contributed by atoms with E-state index in [1.807, 2.05) is 38.1 Å². The Hall–Kier alpha value is -2.37. The Kier molecular flexibility index (Phi) is 6.56. The number of amides is 3. The lowest BCUT2D eigenvalue weighted by atomic mass is 10.1. The second-order valence-electron chi connectivity index (χ2n) is 6.62. The number of carbonyl (C=O) groups is 3. The number of para-hydroxylation sites is 1. The van der Waals surface area contributed by atoms with Crippen molar-refractivity contribution < 1.29 is 14.4 Å². The molecule has 136 valence electrons. The van der Waals surface area contributed by atoms with Crippen molar-refractivity contribution in [1.29, 1.82) is 0 Å². The lowest BCUT2D eigenvalue weighted by molar-refractivity contribution is -0.126. The first-order chi connectivity index (χ1) is 11.9. The number of rotatable bonds is 7. The highest BCUT2D eigenvalue weighted by Crippen LogP contribution is 2.28. The third kappa shape index (κ3) is 4.81. The van der Waals surface area contributed by atoms with Crippen molar-refractivity contribution in [2.45, 2.75) is 33.6 Å². The minimum absolute atomic E-state index is 0.0193. The highest BCUT2D eigenvalue weighted by Gasteiger charge is 2.35. The van der Waals surface area contributed by atoms with E-state index < -0.39 is 0 Å². The van der Waals surface area contributed by atoms with Crippen molar-refractivity contribution >= 4 is 23.4 Å². The van der Waals surface area contributed by atoms with Crippen LogP contribution in [0.2, 0.25) is 0 Å². The van der Waals surface area contributed by atoms with Gasteiger partial charge in [-0.15, -0.1) is 0 Å². The molecule has 1 atom stereocenters. The summed E-state index contributed by atoms with van der Waals surface area (Å²) >= 11 is 0. The molecule has 1 heterocycles. The average Bonchev–Trinajstić information content (AvgIpc) is 2.99. The Bertz CT molecular complexity index is 643. The van der Waals surface area contributed by atoms with E-state index >= 15 is 0 Å². The second-order valence-corrected chi connectivity index (χ2v) is 6.62. The van der Waals surface area contributed by atoms with Crippen LogP contribution in [0.5, 0.6) is 0 Å². The van der Waals surface area contributed by atoms with Gasteiger partial charge in [-0.2, -0.15) is 0 Å². The molecule has 0 aliphatic carbocycles. The Balaban J connectivity index is 1.87. The van der Waals surface area contributed by atoms with Crippen LogP contribution < -0.4 is 15.5 Å². The Morgan fingerprint density at radius 3 is 2.56 bits per heavy atom. The molecule has 1 fully saturated rings. The lowest BCUT2D eigenvalue weighted by Crippen LogP contribution is -2.39. The monoisotopic (exact) mass is 345 g/mol. The molecule has 1 aliphatic rings. The molecule has 0 radical (unpaired) electrons. The third-order valence-corrected chi connectivity index (χ3v) is 4.41. The van der Waals surface area contributed by atoms with Crippen LogP contribution in [0.15, 0.2) is 24.3 Å². The van der Waals surface area contributed by atoms with Crippen LogP contribution >= 0.6 is 0 Å². The maximum absolute atomic E-state index is 12.3. The maximum Gasteiger partial charge on any atom is 0.227 e. The second kappa shape index (κ2) is 8.65. The fourth-order valence-electron chi connectivity index (χ4n) is 2.91. The first-order valence-corrected chi connectivity index (χ1v) is 8.87. The van der Waals surface area contributed by atoms with E-state index in [0.29, 0.717) is 19.6 Å². The molecular weight excluding hydrogens is 318 g/mol. The van der Waals surface area contributed by atoms with Gasteiger partial charge in [0.1, 0.15) is 0 Å². The van der Waals surface area contributed by atoms with E-state index in [4.69, 9.17) is 0 Å². The molecule has 1 saturated heterocycles. The molecule has 0 bridgehead atoms. The van der Waals surface area contributed by atoms with Gasteiger partial charge in [0.05, 0.1) is 5.92 Å². The van der Waals surface area contributed by atoms with E-state index in [9.17, 15) is 14.4 Å².